The van der Waals surface area contributed by atoms with Crippen molar-refractivity contribution in [2.24, 2.45) is 0 Å². The van der Waals surface area contributed by atoms with Gasteiger partial charge in [-0.05, 0) is 57.6 Å². The van der Waals surface area contributed by atoms with E-state index in [1.807, 2.05) is 47.7 Å². The number of thiophene rings is 1. The van der Waals surface area contributed by atoms with E-state index in [9.17, 15) is 0 Å². The van der Waals surface area contributed by atoms with E-state index in [0.29, 0.717) is 17.5 Å². The number of aromatic nitrogens is 3. The van der Waals surface area contributed by atoms with Crippen LogP contribution in [-0.4, -0.2) is 15.0 Å². The molecule has 11 rings (SSSR count). The molecule has 3 heterocycles. The molecule has 0 aliphatic carbocycles. The van der Waals surface area contributed by atoms with Gasteiger partial charge >= 0.3 is 0 Å². The van der Waals surface area contributed by atoms with Crippen LogP contribution >= 0.6 is 11.3 Å². The summed E-state index contributed by atoms with van der Waals surface area (Å²) in [4.78, 5) is 15.0. The molecule has 262 valence electrons. The maximum Gasteiger partial charge on any atom is 0.164 e. The molecule has 0 saturated carbocycles. The van der Waals surface area contributed by atoms with Gasteiger partial charge in [0.1, 0.15) is 11.2 Å². The molecule has 0 saturated heterocycles. The quantitative estimate of drug-likeness (QED) is 0.171. The molecule has 11 aromatic rings. The summed E-state index contributed by atoms with van der Waals surface area (Å²) < 4.78 is 9.12. The van der Waals surface area contributed by atoms with Crippen molar-refractivity contribution in [3.63, 3.8) is 0 Å². The second-order valence-corrected chi connectivity index (χ2v) is 15.0. The molecule has 0 bridgehead atoms. The predicted molar refractivity (Wildman–Crippen MR) is 233 cm³/mol. The highest BCUT2D eigenvalue weighted by Crippen LogP contribution is 2.44. The highest BCUT2D eigenvalue weighted by Gasteiger charge is 2.17. The Morgan fingerprint density at radius 2 is 0.786 bits per heavy atom. The molecule has 0 N–H and O–H groups in total. The molecule has 0 atom stereocenters. The standard InChI is InChI=1S/C51H31N3OS/c1-4-12-32(13-5-1)33-22-24-36(25-23-33)50-52-49(35-16-8-3-9-17-35)53-51(54-50)38-26-28-41-44-30-37(27-29-45(44)55-46(41)31-38)40-19-11-21-43-42-20-10-18-39(47(42)56-48(40)43)34-14-6-2-7-15-34/h1-31H. The lowest BCUT2D eigenvalue weighted by atomic mass is 9.99. The number of furan rings is 1. The molecule has 3 aromatic heterocycles. The Balaban J connectivity index is 0.999. The van der Waals surface area contributed by atoms with E-state index in [-0.39, 0.29) is 0 Å². The van der Waals surface area contributed by atoms with Gasteiger partial charge in [-0.15, -0.1) is 11.3 Å². The Morgan fingerprint density at radius 3 is 1.43 bits per heavy atom. The third kappa shape index (κ3) is 5.56. The summed E-state index contributed by atoms with van der Waals surface area (Å²) in [6, 6.07) is 65.6. The third-order valence-corrected chi connectivity index (χ3v) is 11.9. The molecule has 0 unspecified atom stereocenters. The van der Waals surface area contributed by atoms with Gasteiger partial charge in [0.25, 0.3) is 0 Å². The number of hydrogen-bond donors (Lipinski definition) is 0. The number of hydrogen-bond acceptors (Lipinski definition) is 5. The second kappa shape index (κ2) is 13.3. The first-order valence-electron chi connectivity index (χ1n) is 18.7. The summed E-state index contributed by atoms with van der Waals surface area (Å²) in [5.74, 6) is 1.84. The van der Waals surface area contributed by atoms with Gasteiger partial charge in [0, 0.05) is 47.6 Å². The van der Waals surface area contributed by atoms with Crippen molar-refractivity contribution in [2.45, 2.75) is 0 Å². The predicted octanol–water partition coefficient (Wildman–Crippen LogP) is 14.1. The van der Waals surface area contributed by atoms with E-state index < -0.39 is 0 Å². The molecule has 4 nitrogen and oxygen atoms in total. The minimum atomic E-state index is 0.593. The van der Waals surface area contributed by atoms with Crippen molar-refractivity contribution in [2.75, 3.05) is 0 Å². The van der Waals surface area contributed by atoms with Crippen LogP contribution in [0.3, 0.4) is 0 Å². The summed E-state index contributed by atoms with van der Waals surface area (Å²) in [5.41, 5.74) is 11.5. The number of rotatable bonds is 6. The molecule has 0 aliphatic heterocycles. The van der Waals surface area contributed by atoms with Crippen LogP contribution < -0.4 is 0 Å². The third-order valence-electron chi connectivity index (χ3n) is 10.6. The first kappa shape index (κ1) is 32.2. The molecule has 5 heteroatoms. The normalized spacial score (nSPS) is 11.6. The van der Waals surface area contributed by atoms with Crippen LogP contribution in [-0.2, 0) is 0 Å². The first-order chi connectivity index (χ1) is 27.7. The Labute approximate surface area is 327 Å². The van der Waals surface area contributed by atoms with E-state index in [2.05, 4.69) is 152 Å². The summed E-state index contributed by atoms with van der Waals surface area (Å²) in [6.45, 7) is 0. The number of benzene rings is 8. The minimum Gasteiger partial charge on any atom is -0.456 e. The van der Waals surface area contributed by atoms with E-state index in [1.165, 1.54) is 42.4 Å². The first-order valence-corrected chi connectivity index (χ1v) is 19.5. The van der Waals surface area contributed by atoms with Crippen molar-refractivity contribution in [3.8, 4) is 67.5 Å². The zero-order chi connectivity index (χ0) is 37.0. The highest BCUT2D eigenvalue weighted by atomic mass is 32.1. The van der Waals surface area contributed by atoms with Gasteiger partial charge in [-0.3, -0.25) is 0 Å². The van der Waals surface area contributed by atoms with Gasteiger partial charge < -0.3 is 4.42 Å². The van der Waals surface area contributed by atoms with Gasteiger partial charge in [-0.25, -0.2) is 15.0 Å². The summed E-state index contributed by atoms with van der Waals surface area (Å²) in [6.07, 6.45) is 0. The highest BCUT2D eigenvalue weighted by molar-refractivity contribution is 7.26. The van der Waals surface area contributed by atoms with E-state index in [4.69, 9.17) is 19.4 Å². The van der Waals surface area contributed by atoms with Gasteiger partial charge in [0.05, 0.1) is 0 Å². The van der Waals surface area contributed by atoms with Crippen molar-refractivity contribution in [1.82, 2.24) is 15.0 Å². The molecule has 0 aliphatic rings. The molecular formula is C51H31N3OS. The van der Waals surface area contributed by atoms with Gasteiger partial charge in [-0.2, -0.15) is 0 Å². The maximum absolute atomic E-state index is 6.52. The molecule has 0 spiro atoms. The van der Waals surface area contributed by atoms with Gasteiger partial charge in [0.2, 0.25) is 0 Å². The molecule has 0 radical (unpaired) electrons. The summed E-state index contributed by atoms with van der Waals surface area (Å²) in [7, 11) is 0. The zero-order valence-electron chi connectivity index (χ0n) is 30.1. The van der Waals surface area contributed by atoms with E-state index in [0.717, 1.165) is 49.8 Å². The Hall–Kier alpha value is -7.21. The minimum absolute atomic E-state index is 0.593. The monoisotopic (exact) mass is 733 g/mol. The fourth-order valence-corrected chi connectivity index (χ4v) is 9.14. The van der Waals surface area contributed by atoms with Gasteiger partial charge in [0.15, 0.2) is 17.5 Å². The second-order valence-electron chi connectivity index (χ2n) is 14.0. The summed E-state index contributed by atoms with van der Waals surface area (Å²) in [5, 5.41) is 4.69. The largest absolute Gasteiger partial charge is 0.456 e. The molecular weight excluding hydrogens is 703 g/mol. The van der Waals surface area contributed by atoms with Crippen LogP contribution in [0.2, 0.25) is 0 Å². The molecule has 0 fully saturated rings. The molecule has 56 heavy (non-hydrogen) atoms. The maximum atomic E-state index is 6.52. The van der Waals surface area contributed by atoms with Crippen LogP contribution in [0, 0.1) is 0 Å². The van der Waals surface area contributed by atoms with Crippen LogP contribution in [0.4, 0.5) is 0 Å². The van der Waals surface area contributed by atoms with Crippen molar-refractivity contribution in [3.05, 3.63) is 188 Å². The Kier molecular flexibility index (Phi) is 7.64. The lowest BCUT2D eigenvalue weighted by Crippen LogP contribution is -2.00. The van der Waals surface area contributed by atoms with Crippen molar-refractivity contribution >= 4 is 53.4 Å². The van der Waals surface area contributed by atoms with Crippen molar-refractivity contribution < 1.29 is 4.42 Å². The van der Waals surface area contributed by atoms with E-state index in [1.54, 1.807) is 0 Å². The van der Waals surface area contributed by atoms with Crippen LogP contribution in [0.1, 0.15) is 0 Å². The Morgan fingerprint density at radius 1 is 0.304 bits per heavy atom. The lowest BCUT2D eigenvalue weighted by molar-refractivity contribution is 0.669. The average Bonchev–Trinajstić information content (AvgIpc) is 3.85. The van der Waals surface area contributed by atoms with Crippen LogP contribution in [0.25, 0.3) is 110 Å². The van der Waals surface area contributed by atoms with Crippen molar-refractivity contribution in [1.29, 1.82) is 0 Å². The van der Waals surface area contributed by atoms with Gasteiger partial charge in [-0.1, -0.05) is 164 Å². The zero-order valence-corrected chi connectivity index (χ0v) is 30.9. The Bertz CT molecular complexity index is 3230. The average molecular weight is 734 g/mol. The molecule has 0 amide bonds. The SMILES string of the molecule is c1ccc(-c2ccc(-c3nc(-c4ccccc4)nc(-c4ccc5c(c4)oc4ccc(-c6cccc7c6sc6c(-c8ccccc8)cccc67)cc45)n3)cc2)cc1. The topological polar surface area (TPSA) is 51.8 Å². The number of fused-ring (bicyclic) bond motifs is 6. The fraction of sp³-hybridized carbons (Fsp3) is 0. The van der Waals surface area contributed by atoms with Crippen LogP contribution in [0.15, 0.2) is 192 Å². The molecule has 8 aromatic carbocycles. The van der Waals surface area contributed by atoms with E-state index >= 15 is 0 Å². The lowest BCUT2D eigenvalue weighted by Gasteiger charge is -2.09. The van der Waals surface area contributed by atoms with Crippen LogP contribution in [0.5, 0.6) is 0 Å². The fourth-order valence-electron chi connectivity index (χ4n) is 7.77. The number of nitrogens with zero attached hydrogens (tertiary/aromatic N) is 3. The summed E-state index contributed by atoms with van der Waals surface area (Å²) >= 11 is 1.87. The smallest absolute Gasteiger partial charge is 0.164 e.